The van der Waals surface area contributed by atoms with Crippen LogP contribution in [0.4, 0.5) is 18.9 Å². The van der Waals surface area contributed by atoms with Gasteiger partial charge in [0.2, 0.25) is 11.7 Å². The highest BCUT2D eigenvalue weighted by Crippen LogP contribution is 2.34. The number of aliphatic hydroxyl groups is 1. The van der Waals surface area contributed by atoms with E-state index in [0.29, 0.717) is 11.1 Å². The van der Waals surface area contributed by atoms with Crippen molar-refractivity contribution in [3.63, 3.8) is 0 Å². The molecule has 12 heteroatoms. The van der Waals surface area contributed by atoms with Crippen LogP contribution in [0.1, 0.15) is 23.9 Å². The van der Waals surface area contributed by atoms with Gasteiger partial charge in [-0.15, -0.1) is 13.2 Å². The fourth-order valence-corrected chi connectivity index (χ4v) is 3.63. The third-order valence-electron chi connectivity index (χ3n) is 4.94. The van der Waals surface area contributed by atoms with E-state index in [-0.39, 0.29) is 42.7 Å². The van der Waals surface area contributed by atoms with Crippen LogP contribution in [-0.2, 0) is 6.54 Å². The Morgan fingerprint density at radius 3 is 2.78 bits per heavy atom. The number of aliphatic hydroxyl groups excluding tert-OH is 1. The minimum absolute atomic E-state index is 0.118. The molecule has 0 amide bonds. The highest BCUT2D eigenvalue weighted by Gasteiger charge is 2.36. The van der Waals surface area contributed by atoms with Gasteiger partial charge in [0.05, 0.1) is 17.1 Å². The number of alkyl halides is 3. The molecule has 2 atom stereocenters. The van der Waals surface area contributed by atoms with E-state index in [4.69, 9.17) is 4.52 Å². The Labute approximate surface area is 179 Å². The van der Waals surface area contributed by atoms with E-state index in [1.807, 2.05) is 4.90 Å². The summed E-state index contributed by atoms with van der Waals surface area (Å²) in [6.07, 6.45) is -5.20. The van der Waals surface area contributed by atoms with Crippen LogP contribution in [0.25, 0.3) is 11.4 Å². The molecule has 4 rings (SSSR count). The van der Waals surface area contributed by atoms with Gasteiger partial charge in [-0.2, -0.15) is 4.98 Å². The molecule has 1 aliphatic rings. The molecule has 1 aliphatic heterocycles. The van der Waals surface area contributed by atoms with Crippen molar-refractivity contribution in [2.24, 2.45) is 0 Å². The summed E-state index contributed by atoms with van der Waals surface area (Å²) in [6.45, 7) is 0.467. The first-order chi connectivity index (χ1) is 15.2. The lowest BCUT2D eigenvalue weighted by Gasteiger charge is -2.21. The molecule has 168 valence electrons. The largest absolute Gasteiger partial charge is 0.573 e. The number of non-ortho nitro benzene ring substituents is 1. The number of nitro benzene ring substituents is 1. The van der Waals surface area contributed by atoms with Crippen LogP contribution in [0.15, 0.2) is 53.1 Å². The molecule has 9 nitrogen and oxygen atoms in total. The first-order valence-electron chi connectivity index (χ1n) is 9.53. The number of benzene rings is 2. The summed E-state index contributed by atoms with van der Waals surface area (Å²) in [5.41, 5.74) is 0.827. The predicted octanol–water partition coefficient (Wildman–Crippen LogP) is 3.85. The van der Waals surface area contributed by atoms with Crippen LogP contribution in [0.5, 0.6) is 5.75 Å². The molecule has 0 saturated carbocycles. The number of hydrogen-bond donors (Lipinski definition) is 1. The molecule has 0 bridgehead atoms. The maximum atomic E-state index is 12.5. The van der Waals surface area contributed by atoms with E-state index in [0.717, 1.165) is 0 Å². The van der Waals surface area contributed by atoms with Crippen molar-refractivity contribution >= 4 is 5.69 Å². The van der Waals surface area contributed by atoms with E-state index in [9.17, 15) is 28.4 Å². The maximum absolute atomic E-state index is 12.5. The van der Waals surface area contributed by atoms with Crippen LogP contribution < -0.4 is 4.74 Å². The highest BCUT2D eigenvalue weighted by atomic mass is 19.4. The van der Waals surface area contributed by atoms with Crippen molar-refractivity contribution in [2.75, 3.05) is 6.54 Å². The van der Waals surface area contributed by atoms with Crippen molar-refractivity contribution in [1.29, 1.82) is 0 Å². The third kappa shape index (κ3) is 5.03. The molecule has 32 heavy (non-hydrogen) atoms. The third-order valence-corrected chi connectivity index (χ3v) is 4.94. The minimum atomic E-state index is -4.79. The molecule has 1 fully saturated rings. The monoisotopic (exact) mass is 450 g/mol. The first-order valence-corrected chi connectivity index (χ1v) is 9.53. The Morgan fingerprint density at radius 2 is 2.03 bits per heavy atom. The van der Waals surface area contributed by atoms with Crippen LogP contribution in [0.2, 0.25) is 0 Å². The van der Waals surface area contributed by atoms with E-state index in [2.05, 4.69) is 14.9 Å². The second kappa shape index (κ2) is 8.55. The van der Waals surface area contributed by atoms with Gasteiger partial charge in [0.25, 0.3) is 5.69 Å². The number of nitro groups is 1. The zero-order valence-electron chi connectivity index (χ0n) is 16.4. The normalized spacial score (nSPS) is 19.2. The number of rotatable bonds is 6. The van der Waals surface area contributed by atoms with Gasteiger partial charge in [-0.3, -0.25) is 15.0 Å². The van der Waals surface area contributed by atoms with Crippen molar-refractivity contribution in [2.45, 2.75) is 31.5 Å². The predicted molar refractivity (Wildman–Crippen MR) is 103 cm³/mol. The van der Waals surface area contributed by atoms with Crippen molar-refractivity contribution in [3.05, 3.63) is 70.1 Å². The molecule has 1 saturated heterocycles. The van der Waals surface area contributed by atoms with E-state index in [1.54, 1.807) is 12.1 Å². The van der Waals surface area contributed by atoms with E-state index >= 15 is 0 Å². The van der Waals surface area contributed by atoms with Gasteiger partial charge in [0.15, 0.2) is 0 Å². The Kier molecular flexibility index (Phi) is 5.80. The summed E-state index contributed by atoms with van der Waals surface area (Å²) in [6, 6.07) is 10.9. The number of nitrogens with zero attached hydrogens (tertiary/aromatic N) is 4. The highest BCUT2D eigenvalue weighted by molar-refractivity contribution is 5.58. The van der Waals surface area contributed by atoms with Gasteiger partial charge in [0, 0.05) is 30.8 Å². The summed E-state index contributed by atoms with van der Waals surface area (Å²) >= 11 is 0. The molecule has 1 N–H and O–H groups in total. The first kappa shape index (κ1) is 21.7. The Morgan fingerprint density at radius 1 is 1.25 bits per heavy atom. The fraction of sp³-hybridized carbons (Fsp3) is 0.300. The Hall–Kier alpha value is -3.51. The molecule has 2 aromatic carbocycles. The summed E-state index contributed by atoms with van der Waals surface area (Å²) in [7, 11) is 0. The quantitative estimate of drug-likeness (QED) is 0.445. The lowest BCUT2D eigenvalue weighted by atomic mass is 10.1. The molecule has 0 aliphatic carbocycles. The number of aromatic nitrogens is 2. The van der Waals surface area contributed by atoms with E-state index < -0.39 is 23.4 Å². The zero-order valence-corrected chi connectivity index (χ0v) is 16.4. The Balaban J connectivity index is 1.53. The SMILES string of the molecule is O=[N+]([O-])c1cccc(-c2noc([C@@H]3C[C@@H](O)CN3Cc3cccc(OC(F)(F)F)c3)n2)c1. The van der Waals surface area contributed by atoms with Crippen LogP contribution in [-0.4, -0.2) is 44.1 Å². The number of ether oxygens (including phenoxy) is 1. The number of likely N-dealkylation sites (tertiary alicyclic amines) is 1. The Bertz CT molecular complexity index is 1120. The van der Waals surface area contributed by atoms with Crippen LogP contribution in [0, 0.1) is 10.1 Å². The van der Waals surface area contributed by atoms with Crippen molar-refractivity contribution in [1.82, 2.24) is 15.0 Å². The van der Waals surface area contributed by atoms with Crippen LogP contribution >= 0.6 is 0 Å². The smallest absolute Gasteiger partial charge is 0.406 e. The zero-order chi connectivity index (χ0) is 22.9. The van der Waals surface area contributed by atoms with Crippen LogP contribution in [0.3, 0.4) is 0 Å². The summed E-state index contributed by atoms with van der Waals surface area (Å²) < 4.78 is 46.8. The van der Waals surface area contributed by atoms with Crippen molar-refractivity contribution in [3.8, 4) is 17.1 Å². The molecule has 2 heterocycles. The summed E-state index contributed by atoms with van der Waals surface area (Å²) in [4.78, 5) is 16.6. The number of hydrogen-bond acceptors (Lipinski definition) is 8. The minimum Gasteiger partial charge on any atom is -0.406 e. The summed E-state index contributed by atoms with van der Waals surface area (Å²) in [5.74, 6) is 0.0217. The number of β-amino-alcohol motifs (C(OH)–C–C–N with tert-alkyl or cyclic N) is 1. The average molecular weight is 450 g/mol. The van der Waals surface area contributed by atoms with Gasteiger partial charge in [-0.1, -0.05) is 29.4 Å². The molecular formula is C20H17F3N4O5. The molecule has 0 radical (unpaired) electrons. The van der Waals surface area contributed by atoms with Gasteiger partial charge in [0.1, 0.15) is 5.75 Å². The lowest BCUT2D eigenvalue weighted by molar-refractivity contribution is -0.384. The molecule has 0 spiro atoms. The fourth-order valence-electron chi connectivity index (χ4n) is 3.63. The van der Waals surface area contributed by atoms with E-state index in [1.165, 1.54) is 36.4 Å². The van der Waals surface area contributed by atoms with Gasteiger partial charge < -0.3 is 14.4 Å². The molecular weight excluding hydrogens is 433 g/mol. The van der Waals surface area contributed by atoms with Gasteiger partial charge in [-0.05, 0) is 24.1 Å². The molecule has 1 aromatic heterocycles. The second-order valence-electron chi connectivity index (χ2n) is 7.29. The standard InChI is InChI=1S/C20H17F3N4O5/c21-20(22,23)31-16-6-1-3-12(7-16)10-26-11-15(28)9-17(26)19-24-18(25-32-19)13-4-2-5-14(8-13)27(29)30/h1-8,15,17,28H,9-11H2/t15-,17+/m1/s1. The van der Waals surface area contributed by atoms with Crippen molar-refractivity contribution < 1.29 is 32.5 Å². The summed E-state index contributed by atoms with van der Waals surface area (Å²) in [5, 5.41) is 25.0. The molecule has 0 unspecified atom stereocenters. The van der Waals surface area contributed by atoms with Gasteiger partial charge >= 0.3 is 6.36 Å². The molecule has 3 aromatic rings. The maximum Gasteiger partial charge on any atom is 0.573 e. The lowest BCUT2D eigenvalue weighted by Crippen LogP contribution is -2.24. The number of halogens is 3. The van der Waals surface area contributed by atoms with Gasteiger partial charge in [-0.25, -0.2) is 0 Å². The average Bonchev–Trinajstić information content (AvgIpc) is 3.34. The second-order valence-corrected chi connectivity index (χ2v) is 7.29. The topological polar surface area (TPSA) is 115 Å².